The van der Waals surface area contributed by atoms with Gasteiger partial charge < -0.3 is 36.8 Å². The average Bonchev–Trinajstić information content (AvgIpc) is 2.97. The molecular weight excluding hydrogens is 585 g/mol. The van der Waals surface area contributed by atoms with Gasteiger partial charge in [-0.25, -0.2) is 9.79 Å². The summed E-state index contributed by atoms with van der Waals surface area (Å²) in [5.41, 5.74) is 12.8. The maximum atomic E-state index is 13.8. The minimum atomic E-state index is -4.38. The van der Waals surface area contributed by atoms with Crippen LogP contribution in [0.5, 0.6) is 0 Å². The number of guanidine groups is 1. The van der Waals surface area contributed by atoms with Crippen molar-refractivity contribution in [3.05, 3.63) is 102 Å². The van der Waals surface area contributed by atoms with E-state index in [9.17, 15) is 28.9 Å². The molecule has 1 unspecified atom stereocenters. The number of carbonyl (C=O) groups excluding carboxylic acids is 2. The number of rotatable bonds is 14. The lowest BCUT2D eigenvalue weighted by Crippen LogP contribution is -2.52. The Balaban J connectivity index is 1.81. The van der Waals surface area contributed by atoms with E-state index < -0.39 is 55.2 Å². The van der Waals surface area contributed by atoms with E-state index in [2.05, 4.69) is 15.6 Å². The Morgan fingerprint density at radius 1 is 0.909 bits per heavy atom. The molecule has 0 fully saturated rings. The highest BCUT2D eigenvalue weighted by Gasteiger charge is 2.40. The maximum absolute atomic E-state index is 13.8. The summed E-state index contributed by atoms with van der Waals surface area (Å²) in [6.07, 6.45) is -1.44. The van der Waals surface area contributed by atoms with Crippen molar-refractivity contribution in [1.82, 2.24) is 10.6 Å². The number of nitrogens with one attached hydrogen (secondary N) is 2. The summed E-state index contributed by atoms with van der Waals surface area (Å²) < 4.78 is 19.1. The quantitative estimate of drug-likeness (QED) is 0.0879. The minimum Gasteiger partial charge on any atom is -0.481 e. The number of benzene rings is 3. The lowest BCUT2D eigenvalue weighted by Gasteiger charge is -2.30. The first-order valence-electron chi connectivity index (χ1n) is 13.9. The molecule has 0 bridgehead atoms. The van der Waals surface area contributed by atoms with E-state index in [1.807, 2.05) is 12.1 Å². The Morgan fingerprint density at radius 2 is 1.52 bits per heavy atom. The number of ether oxygens (including phenoxy) is 1. The van der Waals surface area contributed by atoms with Crippen LogP contribution in [0.2, 0.25) is 0 Å². The van der Waals surface area contributed by atoms with Gasteiger partial charge in [-0.15, -0.1) is 0 Å². The third-order valence-electron chi connectivity index (χ3n) is 6.73. The Morgan fingerprint density at radius 3 is 2.09 bits per heavy atom. The average molecular weight is 624 g/mol. The Bertz CT molecular complexity index is 1500. The van der Waals surface area contributed by atoms with Crippen molar-refractivity contribution in [2.24, 2.45) is 22.4 Å². The second-order valence-electron chi connectivity index (χ2n) is 10.6. The zero-order valence-corrected chi connectivity index (χ0v) is 25.4. The molecule has 0 saturated heterocycles. The van der Waals surface area contributed by atoms with Crippen molar-refractivity contribution in [2.45, 2.75) is 44.6 Å². The third kappa shape index (κ3) is 10.3. The molecule has 4 atom stereocenters. The predicted molar refractivity (Wildman–Crippen MR) is 167 cm³/mol. The number of hydrogen-bond donors (Lipinski definition) is 6. The first kappa shape index (κ1) is 33.8. The maximum Gasteiger partial charge on any atom is 0.408 e. The number of carboxylic acids is 1. The van der Waals surface area contributed by atoms with Gasteiger partial charge in [-0.2, -0.15) is 0 Å². The summed E-state index contributed by atoms with van der Waals surface area (Å²) in [5.74, 6) is -5.57. The molecule has 3 rings (SSSR count). The fraction of sp³-hybridized carbons (Fsp3) is 0.290. The van der Waals surface area contributed by atoms with Crippen molar-refractivity contribution < 1.29 is 33.7 Å². The highest BCUT2D eigenvalue weighted by Crippen LogP contribution is 2.51. The first-order chi connectivity index (χ1) is 20.9. The molecule has 234 valence electrons. The van der Waals surface area contributed by atoms with Gasteiger partial charge in [0.15, 0.2) is 5.96 Å². The van der Waals surface area contributed by atoms with Crippen molar-refractivity contribution in [3.8, 4) is 0 Å². The topological polar surface area (TPSA) is 206 Å². The Labute approximate surface area is 256 Å². The molecule has 12 nitrogen and oxygen atoms in total. The number of aliphatic carboxylic acids is 1. The van der Waals surface area contributed by atoms with E-state index in [0.717, 1.165) is 11.1 Å². The van der Waals surface area contributed by atoms with Gasteiger partial charge in [0.2, 0.25) is 13.3 Å². The fourth-order valence-corrected chi connectivity index (χ4v) is 6.99. The molecular formula is C31H38N5O7P. The Kier molecular flexibility index (Phi) is 12.1. The van der Waals surface area contributed by atoms with Crippen molar-refractivity contribution in [2.75, 3.05) is 6.16 Å². The van der Waals surface area contributed by atoms with Crippen molar-refractivity contribution >= 4 is 37.0 Å². The van der Waals surface area contributed by atoms with Crippen LogP contribution in [-0.4, -0.2) is 51.9 Å². The van der Waals surface area contributed by atoms with Crippen LogP contribution < -0.4 is 22.1 Å². The molecule has 3 aromatic rings. The van der Waals surface area contributed by atoms with Crippen LogP contribution >= 0.6 is 7.37 Å². The lowest BCUT2D eigenvalue weighted by atomic mass is 10.0. The number of amides is 2. The molecule has 44 heavy (non-hydrogen) atoms. The van der Waals surface area contributed by atoms with Gasteiger partial charge in [0, 0.05) is 12.6 Å². The molecule has 8 N–H and O–H groups in total. The van der Waals surface area contributed by atoms with Crippen LogP contribution in [0.15, 0.2) is 89.9 Å². The number of alkyl carbamates (subject to hydrolysis) is 1. The highest BCUT2D eigenvalue weighted by atomic mass is 31.2. The van der Waals surface area contributed by atoms with Crippen LogP contribution in [0.1, 0.15) is 36.5 Å². The number of hydrogen-bond acceptors (Lipinski definition) is 6. The fourth-order valence-electron chi connectivity index (χ4n) is 4.61. The van der Waals surface area contributed by atoms with Gasteiger partial charge in [-0.1, -0.05) is 86.6 Å². The summed E-state index contributed by atoms with van der Waals surface area (Å²) in [7, 11) is -4.38. The number of aliphatic imine (C=N–C) groups is 1. The van der Waals surface area contributed by atoms with Crippen LogP contribution in [0.4, 0.5) is 10.5 Å². The molecule has 0 radical (unpaired) electrons. The van der Waals surface area contributed by atoms with Gasteiger partial charge in [0.05, 0.1) is 11.6 Å². The van der Waals surface area contributed by atoms with Crippen molar-refractivity contribution in [3.63, 3.8) is 0 Å². The summed E-state index contributed by atoms with van der Waals surface area (Å²) >= 11 is 0. The summed E-state index contributed by atoms with van der Waals surface area (Å²) in [6, 6.07) is 22.8. The highest BCUT2D eigenvalue weighted by molar-refractivity contribution is 7.58. The van der Waals surface area contributed by atoms with Crippen LogP contribution in [0, 0.1) is 5.92 Å². The van der Waals surface area contributed by atoms with Crippen LogP contribution in [0.25, 0.3) is 0 Å². The smallest absolute Gasteiger partial charge is 0.408 e. The number of carbonyl (C=O) groups is 3. The third-order valence-corrected chi connectivity index (χ3v) is 9.22. The number of carboxylic acid groups (broad SMARTS) is 1. The van der Waals surface area contributed by atoms with E-state index in [1.165, 1.54) is 18.2 Å². The van der Waals surface area contributed by atoms with E-state index in [-0.39, 0.29) is 30.2 Å². The van der Waals surface area contributed by atoms with Gasteiger partial charge in [-0.3, -0.25) is 14.2 Å². The van der Waals surface area contributed by atoms with Gasteiger partial charge in [-0.05, 0) is 34.7 Å². The normalized spacial score (nSPS) is 14.4. The molecule has 3 aromatic carbocycles. The molecule has 0 saturated carbocycles. The standard InChI is InChI=1S/C31H38N5O7P/c1-20(2)28(44(41,42)19-25(29(38)39)23-14-9-15-24(17-23)34-30(32)33)36-27(37)26(16-21-10-5-3-6-11-21)35-31(40)43-18-22-12-7-4-8-13-22/h3-15,17,20,25-26,28H,16,18-19H2,1-2H3,(H,35,40)(H,36,37)(H,38,39)(H,41,42)(H4,32,33,34)/t25-,26-,28+/m0/s1. The zero-order valence-electron chi connectivity index (χ0n) is 24.5. The predicted octanol–water partition coefficient (Wildman–Crippen LogP) is 3.67. The number of nitrogens with two attached hydrogens (primary N) is 2. The molecule has 0 aliphatic carbocycles. The first-order valence-corrected chi connectivity index (χ1v) is 15.8. The van der Waals surface area contributed by atoms with E-state index in [1.54, 1.807) is 68.4 Å². The monoisotopic (exact) mass is 623 g/mol. The summed E-state index contributed by atoms with van der Waals surface area (Å²) in [5, 5.41) is 15.2. The van der Waals surface area contributed by atoms with Gasteiger partial charge >= 0.3 is 12.1 Å². The van der Waals surface area contributed by atoms with Gasteiger partial charge in [0.25, 0.3) is 0 Å². The van der Waals surface area contributed by atoms with Crippen LogP contribution in [0.3, 0.4) is 0 Å². The van der Waals surface area contributed by atoms with Gasteiger partial charge in [0.1, 0.15) is 18.4 Å². The molecule has 2 amide bonds. The van der Waals surface area contributed by atoms with E-state index in [0.29, 0.717) is 0 Å². The summed E-state index contributed by atoms with van der Waals surface area (Å²) in [6.45, 7) is 3.25. The molecule has 0 aliphatic rings. The van der Waals surface area contributed by atoms with E-state index in [4.69, 9.17) is 16.2 Å². The molecule has 0 heterocycles. The second kappa shape index (κ2) is 15.7. The minimum absolute atomic E-state index is 0.0201. The SMILES string of the molecule is CC(C)[C@H](NC(=O)[C@H](Cc1ccccc1)NC(=O)OCc1ccccc1)P(=O)(O)C[C@H](C(=O)O)c1cccc(N=C(N)N)c1. The zero-order chi connectivity index (χ0) is 32.3. The molecule has 0 aliphatic heterocycles. The molecule has 0 aromatic heterocycles. The van der Waals surface area contributed by atoms with Crippen LogP contribution in [-0.2, 0) is 31.9 Å². The van der Waals surface area contributed by atoms with Crippen molar-refractivity contribution in [1.29, 1.82) is 0 Å². The number of nitrogens with zero attached hydrogens (tertiary/aromatic N) is 1. The molecule has 13 heteroatoms. The second-order valence-corrected chi connectivity index (χ2v) is 13.0. The largest absolute Gasteiger partial charge is 0.481 e. The van der Waals surface area contributed by atoms with E-state index >= 15 is 0 Å². The summed E-state index contributed by atoms with van der Waals surface area (Å²) in [4.78, 5) is 53.7. The molecule has 0 spiro atoms. The lowest BCUT2D eigenvalue weighted by molar-refractivity contribution is -0.138. The Hall–Kier alpha value is -4.67.